The Labute approximate surface area is 151 Å². The first-order valence-electron chi connectivity index (χ1n) is 7.13. The zero-order valence-corrected chi connectivity index (χ0v) is 15.5. The van der Waals surface area contributed by atoms with Crippen molar-refractivity contribution >= 4 is 40.3 Å². The Balaban J connectivity index is 2.21. The highest BCUT2D eigenvalue weighted by Crippen LogP contribution is 2.40. The van der Waals surface area contributed by atoms with Crippen molar-refractivity contribution in [1.29, 1.82) is 0 Å². The van der Waals surface area contributed by atoms with Crippen LogP contribution in [0.25, 0.3) is 0 Å². The van der Waals surface area contributed by atoms with Crippen LogP contribution in [0.2, 0.25) is 5.02 Å². The Morgan fingerprint density at radius 3 is 2.17 bits per heavy atom. The highest BCUT2D eigenvalue weighted by molar-refractivity contribution is 7.80. The van der Waals surface area contributed by atoms with Gasteiger partial charge in [-0.2, -0.15) is 0 Å². The molecule has 0 aliphatic heterocycles. The van der Waals surface area contributed by atoms with Crippen LogP contribution in [0.3, 0.4) is 0 Å². The number of methoxy groups -OCH3 is 3. The molecule has 0 fully saturated rings. The zero-order valence-electron chi connectivity index (χ0n) is 13.9. The Bertz CT molecular complexity index is 728. The number of hydrogen-bond donors (Lipinski definition) is 2. The van der Waals surface area contributed by atoms with Crippen LogP contribution in [0.1, 0.15) is 5.56 Å². The molecule has 0 heterocycles. The van der Waals surface area contributed by atoms with E-state index in [1.54, 1.807) is 33.5 Å². The zero-order chi connectivity index (χ0) is 17.7. The molecule has 0 amide bonds. The van der Waals surface area contributed by atoms with Gasteiger partial charge in [-0.1, -0.05) is 17.7 Å². The molecule has 5 nitrogen and oxygen atoms in total. The molecule has 2 aromatic rings. The molecule has 0 unspecified atom stereocenters. The van der Waals surface area contributed by atoms with E-state index in [1.165, 1.54) is 0 Å². The second-order valence-corrected chi connectivity index (χ2v) is 5.72. The summed E-state index contributed by atoms with van der Waals surface area (Å²) < 4.78 is 16.0. The summed E-state index contributed by atoms with van der Waals surface area (Å²) in [6.07, 6.45) is 0. The van der Waals surface area contributed by atoms with E-state index < -0.39 is 0 Å². The first-order valence-corrected chi connectivity index (χ1v) is 7.92. The van der Waals surface area contributed by atoms with Crippen LogP contribution in [0.15, 0.2) is 30.3 Å². The van der Waals surface area contributed by atoms with Crippen LogP contribution >= 0.6 is 23.8 Å². The summed E-state index contributed by atoms with van der Waals surface area (Å²) >= 11 is 11.5. The fraction of sp³-hybridized carbons (Fsp3) is 0.235. The van der Waals surface area contributed by atoms with Gasteiger partial charge in [0.2, 0.25) is 5.75 Å². The average Bonchev–Trinajstić information content (AvgIpc) is 2.57. The standard InChI is InChI=1S/C17H19ClN2O3S/c1-10-12(18)6-5-7-13(10)20-17(24)19-11-8-14(21-2)16(23-4)15(9-11)22-3/h5-9H,1-4H3,(H2,19,20,24). The third kappa shape index (κ3) is 4.01. The second-order valence-electron chi connectivity index (χ2n) is 4.91. The van der Waals surface area contributed by atoms with Crippen molar-refractivity contribution in [3.63, 3.8) is 0 Å². The topological polar surface area (TPSA) is 51.8 Å². The maximum absolute atomic E-state index is 6.12. The number of thiocarbonyl (C=S) groups is 1. The summed E-state index contributed by atoms with van der Waals surface area (Å²) in [5.41, 5.74) is 2.47. The number of anilines is 2. The number of nitrogens with one attached hydrogen (secondary N) is 2. The Morgan fingerprint density at radius 2 is 1.62 bits per heavy atom. The molecule has 0 bridgehead atoms. The van der Waals surface area contributed by atoms with Gasteiger partial charge < -0.3 is 24.8 Å². The van der Waals surface area contributed by atoms with E-state index in [4.69, 9.17) is 38.0 Å². The van der Waals surface area contributed by atoms with E-state index in [2.05, 4.69) is 10.6 Å². The van der Waals surface area contributed by atoms with Crippen LogP contribution in [-0.2, 0) is 0 Å². The van der Waals surface area contributed by atoms with Crippen molar-refractivity contribution in [2.75, 3.05) is 32.0 Å². The molecular weight excluding hydrogens is 348 g/mol. The van der Waals surface area contributed by atoms with E-state index in [9.17, 15) is 0 Å². The Morgan fingerprint density at radius 1 is 1.00 bits per heavy atom. The molecule has 2 rings (SSSR count). The third-order valence-electron chi connectivity index (χ3n) is 3.44. The monoisotopic (exact) mass is 366 g/mol. The molecule has 2 N–H and O–H groups in total. The maximum Gasteiger partial charge on any atom is 0.203 e. The quantitative estimate of drug-likeness (QED) is 0.761. The van der Waals surface area contributed by atoms with Crippen molar-refractivity contribution in [2.24, 2.45) is 0 Å². The summed E-state index contributed by atoms with van der Waals surface area (Å²) in [5, 5.41) is 7.33. The van der Waals surface area contributed by atoms with Crippen LogP contribution in [0, 0.1) is 6.92 Å². The van der Waals surface area contributed by atoms with E-state index >= 15 is 0 Å². The average molecular weight is 367 g/mol. The van der Waals surface area contributed by atoms with Gasteiger partial charge in [0.05, 0.1) is 21.3 Å². The van der Waals surface area contributed by atoms with E-state index in [1.807, 2.05) is 25.1 Å². The molecule has 2 aromatic carbocycles. The van der Waals surface area contributed by atoms with Crippen LogP contribution in [0.5, 0.6) is 17.2 Å². The summed E-state index contributed by atoms with van der Waals surface area (Å²) in [6, 6.07) is 9.15. The molecule has 0 aliphatic rings. The fourth-order valence-electron chi connectivity index (χ4n) is 2.18. The lowest BCUT2D eigenvalue weighted by molar-refractivity contribution is 0.324. The molecule has 128 valence electrons. The van der Waals surface area contributed by atoms with Gasteiger partial charge in [0.25, 0.3) is 0 Å². The van der Waals surface area contributed by atoms with Gasteiger partial charge in [-0.05, 0) is 36.8 Å². The van der Waals surface area contributed by atoms with Gasteiger partial charge in [0, 0.05) is 28.5 Å². The smallest absolute Gasteiger partial charge is 0.203 e. The van der Waals surface area contributed by atoms with Crippen molar-refractivity contribution in [2.45, 2.75) is 6.92 Å². The predicted octanol–water partition coefficient (Wildman–Crippen LogP) is 4.48. The maximum atomic E-state index is 6.12. The number of halogens is 1. The summed E-state index contributed by atoms with van der Waals surface area (Å²) in [4.78, 5) is 0. The molecular formula is C17H19ClN2O3S. The fourth-order valence-corrected chi connectivity index (χ4v) is 2.58. The molecule has 0 aliphatic carbocycles. The first-order chi connectivity index (χ1) is 11.5. The molecule has 24 heavy (non-hydrogen) atoms. The van der Waals surface area contributed by atoms with Crippen molar-refractivity contribution in [3.05, 3.63) is 40.9 Å². The van der Waals surface area contributed by atoms with Crippen LogP contribution < -0.4 is 24.8 Å². The lowest BCUT2D eigenvalue weighted by Crippen LogP contribution is -2.19. The highest BCUT2D eigenvalue weighted by atomic mass is 35.5. The number of rotatable bonds is 5. The van der Waals surface area contributed by atoms with Gasteiger partial charge in [0.1, 0.15) is 0 Å². The van der Waals surface area contributed by atoms with Gasteiger partial charge in [-0.3, -0.25) is 0 Å². The summed E-state index contributed by atoms with van der Waals surface area (Å²) in [7, 11) is 4.68. The molecule has 0 saturated heterocycles. The minimum absolute atomic E-state index is 0.426. The molecule has 0 aromatic heterocycles. The number of ether oxygens (including phenoxy) is 3. The first kappa shape index (κ1) is 18.2. The van der Waals surface area contributed by atoms with Crippen LogP contribution in [0.4, 0.5) is 11.4 Å². The highest BCUT2D eigenvalue weighted by Gasteiger charge is 2.14. The molecule has 0 atom stereocenters. The minimum Gasteiger partial charge on any atom is -0.493 e. The van der Waals surface area contributed by atoms with Gasteiger partial charge in [-0.25, -0.2) is 0 Å². The van der Waals surface area contributed by atoms with E-state index in [0.29, 0.717) is 33.1 Å². The lowest BCUT2D eigenvalue weighted by Gasteiger charge is -2.16. The number of benzene rings is 2. The second kappa shape index (κ2) is 8.08. The normalized spacial score (nSPS) is 10.0. The minimum atomic E-state index is 0.426. The number of hydrogen-bond acceptors (Lipinski definition) is 4. The Hall–Kier alpha value is -2.18. The predicted molar refractivity (Wildman–Crippen MR) is 102 cm³/mol. The van der Waals surface area contributed by atoms with E-state index in [-0.39, 0.29) is 0 Å². The van der Waals surface area contributed by atoms with Crippen molar-refractivity contribution in [1.82, 2.24) is 0 Å². The van der Waals surface area contributed by atoms with Gasteiger partial charge >= 0.3 is 0 Å². The van der Waals surface area contributed by atoms with Crippen molar-refractivity contribution < 1.29 is 14.2 Å². The molecule has 0 radical (unpaired) electrons. The molecule has 0 saturated carbocycles. The van der Waals surface area contributed by atoms with E-state index in [0.717, 1.165) is 11.3 Å². The largest absolute Gasteiger partial charge is 0.493 e. The molecule has 7 heteroatoms. The SMILES string of the molecule is COc1cc(NC(=S)Nc2cccc(Cl)c2C)cc(OC)c1OC. The Kier molecular flexibility index (Phi) is 6.11. The van der Waals surface area contributed by atoms with Crippen molar-refractivity contribution in [3.8, 4) is 17.2 Å². The third-order valence-corrected chi connectivity index (χ3v) is 4.05. The molecule has 0 spiro atoms. The summed E-state index contributed by atoms with van der Waals surface area (Å²) in [6.45, 7) is 1.92. The van der Waals surface area contributed by atoms with Gasteiger partial charge in [-0.15, -0.1) is 0 Å². The van der Waals surface area contributed by atoms with Crippen LogP contribution in [-0.4, -0.2) is 26.4 Å². The summed E-state index contributed by atoms with van der Waals surface area (Å²) in [5.74, 6) is 1.61. The lowest BCUT2D eigenvalue weighted by atomic mass is 10.2. The van der Waals surface area contributed by atoms with Gasteiger partial charge in [0.15, 0.2) is 16.6 Å².